The molecular formula is C18H27ClN2O2. The van der Waals surface area contributed by atoms with Gasteiger partial charge in [0.25, 0.3) is 0 Å². The van der Waals surface area contributed by atoms with Crippen LogP contribution in [0.3, 0.4) is 0 Å². The summed E-state index contributed by atoms with van der Waals surface area (Å²) in [5.41, 5.74) is 1.73. The van der Waals surface area contributed by atoms with Gasteiger partial charge in [0.15, 0.2) is 11.5 Å². The van der Waals surface area contributed by atoms with Crippen molar-refractivity contribution in [1.29, 1.82) is 0 Å². The van der Waals surface area contributed by atoms with Gasteiger partial charge in [-0.05, 0) is 68.9 Å². The summed E-state index contributed by atoms with van der Waals surface area (Å²) < 4.78 is 11.1. The highest BCUT2D eigenvalue weighted by molar-refractivity contribution is 6.32. The van der Waals surface area contributed by atoms with E-state index in [2.05, 4.69) is 16.3 Å². The Bertz CT molecular complexity index is 544. The summed E-state index contributed by atoms with van der Waals surface area (Å²) in [4.78, 5) is 2.55. The number of rotatable bonds is 5. The maximum atomic E-state index is 6.37. The maximum Gasteiger partial charge on any atom is 0.179 e. The predicted molar refractivity (Wildman–Crippen MR) is 93.6 cm³/mol. The van der Waals surface area contributed by atoms with E-state index in [-0.39, 0.29) is 0 Å². The number of ether oxygens (including phenoxy) is 2. The molecule has 2 heterocycles. The van der Waals surface area contributed by atoms with Crippen molar-refractivity contribution in [3.63, 3.8) is 0 Å². The number of methoxy groups -OCH3 is 1. The van der Waals surface area contributed by atoms with Crippen LogP contribution in [0.15, 0.2) is 12.1 Å². The molecule has 1 N–H and O–H groups in total. The minimum Gasteiger partial charge on any atom is -0.491 e. The number of nitrogens with zero attached hydrogens (tertiary/aromatic N) is 1. The number of hydrogen-bond acceptors (Lipinski definition) is 4. The van der Waals surface area contributed by atoms with Crippen molar-refractivity contribution in [2.24, 2.45) is 5.41 Å². The molecule has 1 spiro atoms. The predicted octanol–water partition coefficient (Wildman–Crippen LogP) is 3.32. The normalized spacial score (nSPS) is 20.8. The summed E-state index contributed by atoms with van der Waals surface area (Å²) in [5, 5.41) is 4.10. The number of halogens is 1. The first kappa shape index (κ1) is 16.9. The molecule has 3 rings (SSSR count). The van der Waals surface area contributed by atoms with Crippen molar-refractivity contribution < 1.29 is 9.47 Å². The Morgan fingerprint density at radius 1 is 1.26 bits per heavy atom. The first-order chi connectivity index (χ1) is 11.2. The van der Waals surface area contributed by atoms with Gasteiger partial charge in [-0.25, -0.2) is 0 Å². The first-order valence-corrected chi connectivity index (χ1v) is 8.96. The summed E-state index contributed by atoms with van der Waals surface area (Å²) >= 11 is 6.37. The molecular weight excluding hydrogens is 312 g/mol. The quantitative estimate of drug-likeness (QED) is 0.893. The average Bonchev–Trinajstić information content (AvgIpc) is 2.90. The SMILES string of the molecule is CCOc1cc(CN2CCC3(CCNCC3)C2)cc(Cl)c1OC. The number of benzene rings is 1. The van der Waals surface area contributed by atoms with Gasteiger partial charge < -0.3 is 14.8 Å². The highest BCUT2D eigenvalue weighted by atomic mass is 35.5. The van der Waals surface area contributed by atoms with Crippen molar-refractivity contribution in [1.82, 2.24) is 10.2 Å². The van der Waals surface area contributed by atoms with Gasteiger partial charge in [-0.15, -0.1) is 0 Å². The molecule has 0 atom stereocenters. The summed E-state index contributed by atoms with van der Waals surface area (Å²) in [6.07, 6.45) is 3.92. The van der Waals surface area contributed by atoms with Gasteiger partial charge in [0.05, 0.1) is 18.7 Å². The lowest BCUT2D eigenvalue weighted by Gasteiger charge is -2.34. The van der Waals surface area contributed by atoms with Gasteiger partial charge in [0.2, 0.25) is 0 Å². The van der Waals surface area contributed by atoms with Crippen LogP contribution >= 0.6 is 11.6 Å². The number of likely N-dealkylation sites (tertiary alicyclic amines) is 1. The van der Waals surface area contributed by atoms with E-state index in [0.717, 1.165) is 25.4 Å². The van der Waals surface area contributed by atoms with Crippen molar-refractivity contribution in [3.8, 4) is 11.5 Å². The molecule has 2 fully saturated rings. The molecule has 2 aliphatic heterocycles. The second kappa shape index (κ2) is 7.29. The molecule has 0 radical (unpaired) electrons. The molecule has 0 aliphatic carbocycles. The molecule has 4 nitrogen and oxygen atoms in total. The summed E-state index contributed by atoms with van der Waals surface area (Å²) in [6.45, 7) is 8.21. The molecule has 0 amide bonds. The highest BCUT2D eigenvalue weighted by Gasteiger charge is 2.38. The Morgan fingerprint density at radius 2 is 2.04 bits per heavy atom. The van der Waals surface area contributed by atoms with Gasteiger partial charge in [0, 0.05) is 13.1 Å². The minimum absolute atomic E-state index is 0.532. The molecule has 0 aromatic heterocycles. The van der Waals surface area contributed by atoms with E-state index < -0.39 is 0 Å². The van der Waals surface area contributed by atoms with Gasteiger partial charge in [0.1, 0.15) is 0 Å². The van der Waals surface area contributed by atoms with Crippen LogP contribution in [-0.2, 0) is 6.54 Å². The molecule has 23 heavy (non-hydrogen) atoms. The van der Waals surface area contributed by atoms with Crippen molar-refractivity contribution >= 4 is 11.6 Å². The van der Waals surface area contributed by atoms with E-state index in [0.29, 0.717) is 22.8 Å². The van der Waals surface area contributed by atoms with Crippen LogP contribution in [0.2, 0.25) is 5.02 Å². The Kier molecular flexibility index (Phi) is 5.34. The molecule has 128 valence electrons. The van der Waals surface area contributed by atoms with Gasteiger partial charge >= 0.3 is 0 Å². The van der Waals surface area contributed by atoms with Crippen LogP contribution in [-0.4, -0.2) is 44.8 Å². The van der Waals surface area contributed by atoms with Gasteiger partial charge in [-0.2, -0.15) is 0 Å². The molecule has 0 bridgehead atoms. The molecule has 1 aromatic rings. The van der Waals surface area contributed by atoms with Crippen LogP contribution in [0.25, 0.3) is 0 Å². The fourth-order valence-electron chi connectivity index (χ4n) is 3.96. The fraction of sp³-hybridized carbons (Fsp3) is 0.667. The first-order valence-electron chi connectivity index (χ1n) is 8.58. The standard InChI is InChI=1S/C18H27ClN2O2/c1-3-23-16-11-14(10-15(19)17(16)22-2)12-21-9-6-18(13-21)4-7-20-8-5-18/h10-11,20H,3-9,12-13H2,1-2H3. The zero-order chi connectivity index (χ0) is 16.3. The van der Waals surface area contributed by atoms with Crippen LogP contribution < -0.4 is 14.8 Å². The van der Waals surface area contributed by atoms with E-state index >= 15 is 0 Å². The van der Waals surface area contributed by atoms with E-state index in [1.165, 1.54) is 37.9 Å². The minimum atomic E-state index is 0.532. The topological polar surface area (TPSA) is 33.7 Å². The van der Waals surface area contributed by atoms with Crippen LogP contribution in [0, 0.1) is 5.41 Å². The molecule has 1 aromatic carbocycles. The summed E-state index contributed by atoms with van der Waals surface area (Å²) in [5.74, 6) is 1.38. The molecule has 2 aliphatic rings. The third-order valence-corrected chi connectivity index (χ3v) is 5.44. The third-order valence-electron chi connectivity index (χ3n) is 5.16. The van der Waals surface area contributed by atoms with Crippen molar-refractivity contribution in [3.05, 3.63) is 22.7 Å². The van der Waals surface area contributed by atoms with Gasteiger partial charge in [-0.1, -0.05) is 11.6 Å². The van der Waals surface area contributed by atoms with E-state index in [9.17, 15) is 0 Å². The van der Waals surface area contributed by atoms with Crippen molar-refractivity contribution in [2.45, 2.75) is 32.7 Å². The number of nitrogens with one attached hydrogen (secondary N) is 1. The Hall–Kier alpha value is -0.970. The Morgan fingerprint density at radius 3 is 2.74 bits per heavy atom. The second-order valence-corrected chi connectivity index (χ2v) is 7.16. The van der Waals surface area contributed by atoms with E-state index in [1.807, 2.05) is 13.0 Å². The van der Waals surface area contributed by atoms with E-state index in [4.69, 9.17) is 21.1 Å². The molecule has 0 saturated carbocycles. The second-order valence-electron chi connectivity index (χ2n) is 6.75. The van der Waals surface area contributed by atoms with Crippen molar-refractivity contribution in [2.75, 3.05) is 39.9 Å². The Balaban J connectivity index is 1.70. The molecule has 2 saturated heterocycles. The summed E-state index contributed by atoms with van der Waals surface area (Å²) in [7, 11) is 1.63. The smallest absolute Gasteiger partial charge is 0.179 e. The zero-order valence-electron chi connectivity index (χ0n) is 14.2. The maximum absolute atomic E-state index is 6.37. The number of piperidine rings is 1. The lowest BCUT2D eigenvalue weighted by Crippen LogP contribution is -2.38. The fourth-order valence-corrected chi connectivity index (χ4v) is 4.27. The lowest BCUT2D eigenvalue weighted by molar-refractivity contribution is 0.194. The van der Waals surface area contributed by atoms with Crippen LogP contribution in [0.4, 0.5) is 0 Å². The zero-order valence-corrected chi connectivity index (χ0v) is 14.9. The molecule has 0 unspecified atom stereocenters. The molecule has 5 heteroatoms. The van der Waals surface area contributed by atoms with Gasteiger partial charge in [-0.3, -0.25) is 4.90 Å². The average molecular weight is 339 g/mol. The largest absolute Gasteiger partial charge is 0.491 e. The van der Waals surface area contributed by atoms with Crippen LogP contribution in [0.1, 0.15) is 31.7 Å². The third kappa shape index (κ3) is 3.76. The van der Waals surface area contributed by atoms with Crippen LogP contribution in [0.5, 0.6) is 11.5 Å². The summed E-state index contributed by atoms with van der Waals surface area (Å²) in [6, 6.07) is 4.08. The number of hydrogen-bond donors (Lipinski definition) is 1. The van der Waals surface area contributed by atoms with E-state index in [1.54, 1.807) is 7.11 Å². The lowest BCUT2D eigenvalue weighted by atomic mass is 9.78. The monoisotopic (exact) mass is 338 g/mol. The Labute approximate surface area is 144 Å². The highest BCUT2D eigenvalue weighted by Crippen LogP contribution is 2.40.